The summed E-state index contributed by atoms with van der Waals surface area (Å²) < 4.78 is 19.5. The summed E-state index contributed by atoms with van der Waals surface area (Å²) in [6.45, 7) is 0. The summed E-state index contributed by atoms with van der Waals surface area (Å²) in [5, 5.41) is 2.51. The zero-order valence-corrected chi connectivity index (χ0v) is 12.1. The van der Waals surface area contributed by atoms with Gasteiger partial charge in [-0.25, -0.2) is 9.18 Å². The number of nitrogens with zero attached hydrogens (tertiary/aromatic N) is 1. The van der Waals surface area contributed by atoms with Crippen LogP contribution >= 0.6 is 11.6 Å². The maximum atomic E-state index is 13.1. The van der Waals surface area contributed by atoms with E-state index in [1.807, 2.05) is 0 Å². The second-order valence-corrected chi connectivity index (χ2v) is 5.10. The lowest BCUT2D eigenvalue weighted by Gasteiger charge is -2.06. The van der Waals surface area contributed by atoms with E-state index in [9.17, 15) is 14.0 Å². The molecule has 1 N–H and O–H groups in total. The number of fused-ring (bicyclic) bond motifs is 1. The lowest BCUT2D eigenvalue weighted by atomic mass is 10.2. The van der Waals surface area contributed by atoms with Crippen LogP contribution in [0.15, 0.2) is 45.6 Å². The van der Waals surface area contributed by atoms with E-state index in [-0.39, 0.29) is 5.02 Å². The molecule has 0 fully saturated rings. The van der Waals surface area contributed by atoms with Gasteiger partial charge >= 0.3 is 5.76 Å². The van der Waals surface area contributed by atoms with Gasteiger partial charge in [-0.1, -0.05) is 11.6 Å². The van der Waals surface area contributed by atoms with Crippen molar-refractivity contribution in [2.24, 2.45) is 7.05 Å². The molecule has 0 aliphatic carbocycles. The molecule has 0 saturated carbocycles. The van der Waals surface area contributed by atoms with E-state index in [1.54, 1.807) is 19.2 Å². The molecular formula is C15H10ClFN2O3. The lowest BCUT2D eigenvalue weighted by Crippen LogP contribution is -2.12. The highest BCUT2D eigenvalue weighted by Gasteiger charge is 2.12. The second-order valence-electron chi connectivity index (χ2n) is 4.69. The Morgan fingerprint density at radius 1 is 1.27 bits per heavy atom. The Kier molecular flexibility index (Phi) is 3.46. The van der Waals surface area contributed by atoms with Crippen LogP contribution in [0, 0.1) is 5.82 Å². The molecule has 3 aromatic rings. The van der Waals surface area contributed by atoms with E-state index >= 15 is 0 Å². The summed E-state index contributed by atoms with van der Waals surface area (Å²) >= 11 is 5.66. The fraction of sp³-hybridized carbons (Fsp3) is 0.0667. The molecule has 3 rings (SSSR count). The number of amides is 1. The van der Waals surface area contributed by atoms with E-state index in [2.05, 4.69) is 5.32 Å². The van der Waals surface area contributed by atoms with Crippen molar-refractivity contribution in [3.05, 3.63) is 63.4 Å². The monoisotopic (exact) mass is 320 g/mol. The number of anilines is 1. The molecule has 1 aromatic heterocycles. The number of rotatable bonds is 2. The third-order valence-electron chi connectivity index (χ3n) is 3.23. The third kappa shape index (κ3) is 2.48. The summed E-state index contributed by atoms with van der Waals surface area (Å²) in [5.74, 6) is -1.49. The zero-order valence-electron chi connectivity index (χ0n) is 11.4. The summed E-state index contributed by atoms with van der Waals surface area (Å²) in [5.41, 5.74) is 1.58. The number of aromatic nitrogens is 1. The fourth-order valence-electron chi connectivity index (χ4n) is 2.05. The highest BCUT2D eigenvalue weighted by molar-refractivity contribution is 6.31. The Balaban J connectivity index is 1.91. The van der Waals surface area contributed by atoms with E-state index in [0.717, 1.165) is 6.07 Å². The molecule has 0 spiro atoms. The van der Waals surface area contributed by atoms with Gasteiger partial charge in [0.1, 0.15) is 5.82 Å². The molecule has 0 bridgehead atoms. The fourth-order valence-corrected chi connectivity index (χ4v) is 2.23. The molecule has 2 aromatic carbocycles. The Bertz CT molecular complexity index is 946. The molecule has 0 aliphatic heterocycles. The summed E-state index contributed by atoms with van der Waals surface area (Å²) in [6.07, 6.45) is 0. The smallest absolute Gasteiger partial charge is 0.408 e. The second kappa shape index (κ2) is 5.31. The maximum Gasteiger partial charge on any atom is 0.419 e. The Hall–Kier alpha value is -2.60. The average molecular weight is 321 g/mol. The molecule has 0 aliphatic rings. The quantitative estimate of drug-likeness (QED) is 0.788. The number of halogens is 2. The highest BCUT2D eigenvalue weighted by Crippen LogP contribution is 2.20. The molecule has 1 amide bonds. The topological polar surface area (TPSA) is 64.2 Å². The first-order chi connectivity index (χ1) is 10.5. The standard InChI is InChI=1S/C15H10ClFN2O3/c1-19-12-5-2-8(6-13(12)22-15(19)21)14(20)18-9-3-4-11(17)10(16)7-9/h2-7H,1H3,(H,18,20). The van der Waals surface area contributed by atoms with E-state index in [1.165, 1.54) is 22.8 Å². The average Bonchev–Trinajstić information content (AvgIpc) is 2.77. The molecule has 0 atom stereocenters. The molecule has 0 unspecified atom stereocenters. The lowest BCUT2D eigenvalue weighted by molar-refractivity contribution is 0.102. The Labute approximate surface area is 128 Å². The first-order valence-corrected chi connectivity index (χ1v) is 6.69. The van der Waals surface area contributed by atoms with E-state index in [0.29, 0.717) is 22.4 Å². The van der Waals surface area contributed by atoms with Gasteiger partial charge in [0.25, 0.3) is 5.91 Å². The molecule has 0 saturated heterocycles. The SMILES string of the molecule is Cn1c(=O)oc2cc(C(=O)Nc3ccc(F)c(Cl)c3)ccc21. The molecule has 1 heterocycles. The first kappa shape index (κ1) is 14.3. The van der Waals surface area contributed by atoms with Crippen LogP contribution in [-0.2, 0) is 7.05 Å². The van der Waals surface area contributed by atoms with Gasteiger partial charge in [0.15, 0.2) is 5.58 Å². The van der Waals surface area contributed by atoms with Crippen LogP contribution in [-0.4, -0.2) is 10.5 Å². The predicted octanol–water partition coefficient (Wildman–Crippen LogP) is 3.18. The number of hydrogen-bond donors (Lipinski definition) is 1. The van der Waals surface area contributed by atoms with Crippen molar-refractivity contribution >= 4 is 34.3 Å². The number of oxazole rings is 1. The van der Waals surface area contributed by atoms with Crippen molar-refractivity contribution < 1.29 is 13.6 Å². The highest BCUT2D eigenvalue weighted by atomic mass is 35.5. The Morgan fingerprint density at radius 3 is 2.77 bits per heavy atom. The zero-order chi connectivity index (χ0) is 15.9. The van der Waals surface area contributed by atoms with Gasteiger partial charge in [-0.3, -0.25) is 9.36 Å². The molecule has 22 heavy (non-hydrogen) atoms. The number of carbonyl (C=O) groups is 1. The minimum Gasteiger partial charge on any atom is -0.408 e. The summed E-state index contributed by atoms with van der Waals surface area (Å²) in [7, 11) is 1.58. The van der Waals surface area contributed by atoms with Crippen LogP contribution in [0.5, 0.6) is 0 Å². The van der Waals surface area contributed by atoms with Gasteiger partial charge in [-0.2, -0.15) is 0 Å². The van der Waals surface area contributed by atoms with Crippen molar-refractivity contribution in [1.29, 1.82) is 0 Å². The van der Waals surface area contributed by atoms with Crippen LogP contribution < -0.4 is 11.1 Å². The van der Waals surface area contributed by atoms with Crippen molar-refractivity contribution in [1.82, 2.24) is 4.57 Å². The maximum absolute atomic E-state index is 13.1. The summed E-state index contributed by atoms with van der Waals surface area (Å²) in [4.78, 5) is 23.6. The van der Waals surface area contributed by atoms with Crippen LogP contribution in [0.2, 0.25) is 5.02 Å². The van der Waals surface area contributed by atoms with E-state index < -0.39 is 17.5 Å². The summed E-state index contributed by atoms with van der Waals surface area (Å²) in [6, 6.07) is 8.54. The van der Waals surface area contributed by atoms with Crippen molar-refractivity contribution in [2.45, 2.75) is 0 Å². The largest absolute Gasteiger partial charge is 0.419 e. The number of nitrogens with one attached hydrogen (secondary N) is 1. The van der Waals surface area contributed by atoms with Crippen LogP contribution in [0.25, 0.3) is 11.1 Å². The van der Waals surface area contributed by atoms with Crippen molar-refractivity contribution in [3.63, 3.8) is 0 Å². The normalized spacial score (nSPS) is 10.9. The Morgan fingerprint density at radius 2 is 2.05 bits per heavy atom. The molecular weight excluding hydrogens is 311 g/mol. The van der Waals surface area contributed by atoms with Crippen LogP contribution in [0.1, 0.15) is 10.4 Å². The van der Waals surface area contributed by atoms with Gasteiger partial charge in [0.05, 0.1) is 10.5 Å². The van der Waals surface area contributed by atoms with Gasteiger partial charge in [0, 0.05) is 18.3 Å². The molecule has 112 valence electrons. The van der Waals surface area contributed by atoms with Gasteiger partial charge in [-0.05, 0) is 36.4 Å². The van der Waals surface area contributed by atoms with Gasteiger partial charge in [0.2, 0.25) is 0 Å². The number of hydrogen-bond acceptors (Lipinski definition) is 3. The third-order valence-corrected chi connectivity index (χ3v) is 3.52. The molecule has 5 nitrogen and oxygen atoms in total. The van der Waals surface area contributed by atoms with Crippen molar-refractivity contribution in [3.8, 4) is 0 Å². The van der Waals surface area contributed by atoms with Crippen LogP contribution in [0.3, 0.4) is 0 Å². The number of benzene rings is 2. The van der Waals surface area contributed by atoms with Crippen LogP contribution in [0.4, 0.5) is 10.1 Å². The minimum absolute atomic E-state index is 0.0812. The number of carbonyl (C=O) groups excluding carboxylic acids is 1. The molecule has 0 radical (unpaired) electrons. The predicted molar refractivity (Wildman–Crippen MR) is 80.8 cm³/mol. The number of aryl methyl sites for hydroxylation is 1. The first-order valence-electron chi connectivity index (χ1n) is 6.31. The van der Waals surface area contributed by atoms with E-state index in [4.69, 9.17) is 16.0 Å². The molecule has 7 heteroatoms. The van der Waals surface area contributed by atoms with Crippen molar-refractivity contribution in [2.75, 3.05) is 5.32 Å². The van der Waals surface area contributed by atoms with Gasteiger partial charge < -0.3 is 9.73 Å². The minimum atomic E-state index is -0.563. The van der Waals surface area contributed by atoms with Gasteiger partial charge in [-0.15, -0.1) is 0 Å².